The second-order valence-corrected chi connectivity index (χ2v) is 4.93. The van der Waals surface area contributed by atoms with Gasteiger partial charge in [-0.25, -0.2) is 0 Å². The number of hydrogen-bond acceptors (Lipinski definition) is 2. The van der Waals surface area contributed by atoms with E-state index in [9.17, 15) is 9.59 Å². The van der Waals surface area contributed by atoms with Gasteiger partial charge in [0.05, 0.1) is 0 Å². The molecule has 0 spiro atoms. The van der Waals surface area contributed by atoms with Crippen LogP contribution in [0.1, 0.15) is 39.0 Å². The molecule has 2 amide bonds. The molecular formula is C12H20N2O2. The predicted octanol–water partition coefficient (Wildman–Crippen LogP) is 0.914. The third-order valence-corrected chi connectivity index (χ3v) is 3.67. The third kappa shape index (κ3) is 2.54. The van der Waals surface area contributed by atoms with Crippen LogP contribution in [0, 0.1) is 5.92 Å². The number of likely N-dealkylation sites (tertiary alicyclic amines) is 1. The van der Waals surface area contributed by atoms with Gasteiger partial charge >= 0.3 is 0 Å². The number of carbonyl (C=O) groups is 2. The van der Waals surface area contributed by atoms with E-state index in [2.05, 4.69) is 5.32 Å². The normalized spacial score (nSPS) is 22.7. The average molecular weight is 224 g/mol. The molecule has 0 unspecified atom stereocenters. The van der Waals surface area contributed by atoms with Crippen LogP contribution in [0.2, 0.25) is 0 Å². The van der Waals surface area contributed by atoms with Crippen molar-refractivity contribution < 1.29 is 9.59 Å². The summed E-state index contributed by atoms with van der Waals surface area (Å²) in [7, 11) is 0. The Hall–Kier alpha value is -1.06. The van der Waals surface area contributed by atoms with E-state index in [0.717, 1.165) is 38.8 Å². The molecule has 2 rings (SSSR count). The summed E-state index contributed by atoms with van der Waals surface area (Å²) >= 11 is 0. The summed E-state index contributed by atoms with van der Waals surface area (Å²) < 4.78 is 0. The monoisotopic (exact) mass is 224 g/mol. The van der Waals surface area contributed by atoms with Crippen LogP contribution in [0.3, 0.4) is 0 Å². The van der Waals surface area contributed by atoms with E-state index in [1.54, 1.807) is 6.92 Å². The lowest BCUT2D eigenvalue weighted by Crippen LogP contribution is -2.48. The van der Waals surface area contributed by atoms with E-state index >= 15 is 0 Å². The lowest BCUT2D eigenvalue weighted by atomic mass is 9.84. The predicted molar refractivity (Wildman–Crippen MR) is 60.8 cm³/mol. The van der Waals surface area contributed by atoms with Crippen LogP contribution < -0.4 is 5.32 Å². The Balaban J connectivity index is 1.76. The average Bonchev–Trinajstić information content (AvgIpc) is 2.15. The van der Waals surface area contributed by atoms with E-state index in [4.69, 9.17) is 0 Å². The number of carbonyl (C=O) groups excluding carboxylic acids is 2. The van der Waals surface area contributed by atoms with Gasteiger partial charge in [-0.3, -0.25) is 9.59 Å². The zero-order chi connectivity index (χ0) is 11.5. The standard InChI is InChI=1S/C12H20N2O2/c1-9(15)13-11-5-7-14(8-6-11)12(16)10-3-2-4-10/h10-11H,2-8H2,1H3,(H,13,15). The van der Waals surface area contributed by atoms with Crippen LogP contribution in [0.15, 0.2) is 0 Å². The molecule has 1 N–H and O–H groups in total. The smallest absolute Gasteiger partial charge is 0.225 e. The Labute approximate surface area is 96.4 Å². The van der Waals surface area contributed by atoms with Gasteiger partial charge in [-0.05, 0) is 25.7 Å². The summed E-state index contributed by atoms with van der Waals surface area (Å²) in [6, 6.07) is 0.267. The molecule has 4 nitrogen and oxygen atoms in total. The van der Waals surface area contributed by atoms with Gasteiger partial charge in [0.25, 0.3) is 0 Å². The molecule has 1 saturated heterocycles. The zero-order valence-electron chi connectivity index (χ0n) is 9.87. The molecule has 4 heteroatoms. The van der Waals surface area contributed by atoms with Gasteiger partial charge in [-0.2, -0.15) is 0 Å². The van der Waals surface area contributed by atoms with Crippen molar-refractivity contribution >= 4 is 11.8 Å². The van der Waals surface area contributed by atoms with Crippen molar-refractivity contribution in [2.75, 3.05) is 13.1 Å². The topological polar surface area (TPSA) is 49.4 Å². The third-order valence-electron chi connectivity index (χ3n) is 3.67. The largest absolute Gasteiger partial charge is 0.353 e. The van der Waals surface area contributed by atoms with Crippen LogP contribution in [0.5, 0.6) is 0 Å². The highest BCUT2D eigenvalue weighted by Gasteiger charge is 2.31. The summed E-state index contributed by atoms with van der Waals surface area (Å²) in [4.78, 5) is 24.8. The van der Waals surface area contributed by atoms with Gasteiger partial charge in [0, 0.05) is 32.0 Å². The Kier molecular flexibility index (Phi) is 3.46. The summed E-state index contributed by atoms with van der Waals surface area (Å²) in [5, 5.41) is 2.92. The first-order valence-corrected chi connectivity index (χ1v) is 6.22. The maximum absolute atomic E-state index is 11.9. The van der Waals surface area contributed by atoms with Crippen molar-refractivity contribution in [2.45, 2.75) is 45.1 Å². The Morgan fingerprint density at radius 3 is 2.19 bits per heavy atom. The number of rotatable bonds is 2. The maximum Gasteiger partial charge on any atom is 0.225 e. The summed E-state index contributed by atoms with van der Waals surface area (Å²) in [6.07, 6.45) is 5.16. The molecule has 1 aliphatic heterocycles. The van der Waals surface area contributed by atoms with Crippen LogP contribution in [-0.2, 0) is 9.59 Å². The maximum atomic E-state index is 11.9. The fourth-order valence-corrected chi connectivity index (χ4v) is 2.45. The minimum atomic E-state index is 0.0313. The van der Waals surface area contributed by atoms with Crippen LogP contribution in [-0.4, -0.2) is 35.8 Å². The lowest BCUT2D eigenvalue weighted by molar-refractivity contribution is -0.139. The molecule has 0 aromatic rings. The van der Waals surface area contributed by atoms with Gasteiger partial charge in [0.15, 0.2) is 0 Å². The fourth-order valence-electron chi connectivity index (χ4n) is 2.45. The second-order valence-electron chi connectivity index (χ2n) is 4.93. The van der Waals surface area contributed by atoms with E-state index in [0.29, 0.717) is 11.8 Å². The molecule has 16 heavy (non-hydrogen) atoms. The molecule has 0 atom stereocenters. The molecule has 0 aromatic heterocycles. The first-order valence-electron chi connectivity index (χ1n) is 6.22. The molecule has 0 radical (unpaired) electrons. The van der Waals surface area contributed by atoms with Crippen LogP contribution >= 0.6 is 0 Å². The van der Waals surface area contributed by atoms with E-state index < -0.39 is 0 Å². The van der Waals surface area contributed by atoms with Gasteiger partial charge in [-0.15, -0.1) is 0 Å². The second kappa shape index (κ2) is 4.85. The molecule has 1 saturated carbocycles. The first-order chi connectivity index (χ1) is 7.66. The number of amides is 2. The van der Waals surface area contributed by atoms with Crippen LogP contribution in [0.4, 0.5) is 0 Å². The van der Waals surface area contributed by atoms with E-state index in [-0.39, 0.29) is 11.9 Å². The van der Waals surface area contributed by atoms with Crippen LogP contribution in [0.25, 0.3) is 0 Å². The summed E-state index contributed by atoms with van der Waals surface area (Å²) in [5.74, 6) is 0.675. The highest BCUT2D eigenvalue weighted by molar-refractivity contribution is 5.79. The first kappa shape index (κ1) is 11.4. The Bertz CT molecular complexity index is 279. The number of hydrogen-bond donors (Lipinski definition) is 1. The minimum Gasteiger partial charge on any atom is -0.353 e. The fraction of sp³-hybridized carbons (Fsp3) is 0.833. The van der Waals surface area contributed by atoms with Gasteiger partial charge in [0.1, 0.15) is 0 Å². The zero-order valence-corrected chi connectivity index (χ0v) is 9.87. The molecule has 90 valence electrons. The van der Waals surface area contributed by atoms with Gasteiger partial charge in [0.2, 0.25) is 11.8 Å². The minimum absolute atomic E-state index is 0.0313. The van der Waals surface area contributed by atoms with Gasteiger partial charge < -0.3 is 10.2 Å². The van der Waals surface area contributed by atoms with Crippen molar-refractivity contribution in [1.29, 1.82) is 0 Å². The molecular weight excluding hydrogens is 204 g/mol. The number of nitrogens with zero attached hydrogens (tertiary/aromatic N) is 1. The summed E-state index contributed by atoms with van der Waals surface area (Å²) in [5.41, 5.74) is 0. The van der Waals surface area contributed by atoms with Crippen molar-refractivity contribution in [2.24, 2.45) is 5.92 Å². The molecule has 2 aliphatic rings. The molecule has 0 aromatic carbocycles. The Morgan fingerprint density at radius 1 is 1.12 bits per heavy atom. The SMILES string of the molecule is CC(=O)NC1CCN(C(=O)C2CCC2)CC1. The molecule has 0 bridgehead atoms. The molecule has 2 fully saturated rings. The van der Waals surface area contributed by atoms with Gasteiger partial charge in [-0.1, -0.05) is 6.42 Å². The molecule has 1 heterocycles. The highest BCUT2D eigenvalue weighted by Crippen LogP contribution is 2.29. The summed E-state index contributed by atoms with van der Waals surface area (Å²) in [6.45, 7) is 3.16. The Morgan fingerprint density at radius 2 is 1.75 bits per heavy atom. The quantitative estimate of drug-likeness (QED) is 0.758. The highest BCUT2D eigenvalue weighted by atomic mass is 16.2. The van der Waals surface area contributed by atoms with E-state index in [1.807, 2.05) is 4.90 Å². The van der Waals surface area contributed by atoms with Crippen molar-refractivity contribution in [1.82, 2.24) is 10.2 Å². The van der Waals surface area contributed by atoms with Crippen molar-refractivity contribution in [3.05, 3.63) is 0 Å². The lowest BCUT2D eigenvalue weighted by Gasteiger charge is -2.36. The van der Waals surface area contributed by atoms with Crippen molar-refractivity contribution in [3.63, 3.8) is 0 Å². The molecule has 1 aliphatic carbocycles. The van der Waals surface area contributed by atoms with E-state index in [1.165, 1.54) is 6.42 Å². The number of piperidine rings is 1. The number of nitrogens with one attached hydrogen (secondary N) is 1. The van der Waals surface area contributed by atoms with Crippen molar-refractivity contribution in [3.8, 4) is 0 Å².